The molecular formula is C24H36N4O. The molecule has 1 aromatic carbocycles. The van der Waals surface area contributed by atoms with E-state index in [0.717, 1.165) is 50.2 Å². The normalized spacial score (nSPS) is 19.3. The Morgan fingerprint density at radius 3 is 2.34 bits per heavy atom. The van der Waals surface area contributed by atoms with Crippen LogP contribution < -0.4 is 10.2 Å². The van der Waals surface area contributed by atoms with Crippen molar-refractivity contribution >= 4 is 22.9 Å². The highest BCUT2D eigenvalue weighted by Gasteiger charge is 2.29. The van der Waals surface area contributed by atoms with Gasteiger partial charge in [0.05, 0.1) is 11.0 Å². The van der Waals surface area contributed by atoms with Crippen LogP contribution in [-0.2, 0) is 4.79 Å². The Morgan fingerprint density at radius 1 is 1.03 bits per heavy atom. The lowest BCUT2D eigenvalue weighted by Gasteiger charge is -2.34. The molecule has 1 saturated carbocycles. The topological polar surface area (TPSA) is 50.2 Å². The number of carbonyl (C=O) groups excluding carboxylic acids is 1. The number of rotatable bonds is 4. The fourth-order valence-corrected chi connectivity index (χ4v) is 4.98. The Balaban J connectivity index is 1.47. The van der Waals surface area contributed by atoms with Crippen LogP contribution in [0, 0.1) is 19.8 Å². The summed E-state index contributed by atoms with van der Waals surface area (Å²) in [7, 11) is 0. The van der Waals surface area contributed by atoms with Crippen LogP contribution in [0.1, 0.15) is 76.0 Å². The quantitative estimate of drug-likeness (QED) is 0.800. The molecule has 1 aliphatic heterocycles. The molecule has 0 bridgehead atoms. The van der Waals surface area contributed by atoms with Crippen LogP contribution in [0.5, 0.6) is 0 Å². The minimum atomic E-state index is 0.148. The number of anilines is 1. The van der Waals surface area contributed by atoms with E-state index >= 15 is 0 Å². The zero-order chi connectivity index (χ0) is 20.5. The minimum absolute atomic E-state index is 0.148. The van der Waals surface area contributed by atoms with E-state index in [9.17, 15) is 4.79 Å². The van der Waals surface area contributed by atoms with Crippen molar-refractivity contribution in [2.45, 2.75) is 84.7 Å². The Labute approximate surface area is 174 Å². The van der Waals surface area contributed by atoms with Gasteiger partial charge in [-0.3, -0.25) is 4.79 Å². The molecule has 2 aromatic rings. The van der Waals surface area contributed by atoms with E-state index in [1.807, 2.05) is 0 Å². The molecule has 5 heteroatoms. The van der Waals surface area contributed by atoms with Gasteiger partial charge in [0.2, 0.25) is 11.9 Å². The lowest BCUT2D eigenvalue weighted by atomic mass is 9.92. The van der Waals surface area contributed by atoms with Crippen molar-refractivity contribution in [3.63, 3.8) is 0 Å². The summed E-state index contributed by atoms with van der Waals surface area (Å²) in [6.45, 7) is 10.6. The van der Waals surface area contributed by atoms with Gasteiger partial charge in [0.1, 0.15) is 0 Å². The van der Waals surface area contributed by atoms with Crippen LogP contribution in [0.25, 0.3) is 11.0 Å². The Hall–Kier alpha value is -2.04. The van der Waals surface area contributed by atoms with E-state index in [4.69, 9.17) is 4.98 Å². The molecule has 4 rings (SSSR count). The first-order chi connectivity index (χ1) is 13.9. The van der Waals surface area contributed by atoms with E-state index in [-0.39, 0.29) is 11.8 Å². The second-order valence-corrected chi connectivity index (χ2v) is 9.41. The van der Waals surface area contributed by atoms with Gasteiger partial charge in [0.15, 0.2) is 0 Å². The molecule has 0 spiro atoms. The summed E-state index contributed by atoms with van der Waals surface area (Å²) < 4.78 is 2.37. The van der Waals surface area contributed by atoms with Crippen molar-refractivity contribution in [2.24, 2.45) is 5.92 Å². The first-order valence-electron chi connectivity index (χ1n) is 11.5. The summed E-state index contributed by atoms with van der Waals surface area (Å²) in [4.78, 5) is 20.1. The highest BCUT2D eigenvalue weighted by atomic mass is 16.1. The molecule has 1 amide bonds. The van der Waals surface area contributed by atoms with Gasteiger partial charge in [-0.25, -0.2) is 4.98 Å². The molecular weight excluding hydrogens is 360 g/mol. The molecule has 2 fully saturated rings. The van der Waals surface area contributed by atoms with Crippen molar-refractivity contribution in [1.82, 2.24) is 14.9 Å². The molecule has 2 aliphatic rings. The zero-order valence-electron chi connectivity index (χ0n) is 18.5. The van der Waals surface area contributed by atoms with Crippen molar-refractivity contribution in [3.8, 4) is 0 Å². The molecule has 29 heavy (non-hydrogen) atoms. The van der Waals surface area contributed by atoms with Gasteiger partial charge < -0.3 is 14.8 Å². The van der Waals surface area contributed by atoms with Crippen molar-refractivity contribution in [1.29, 1.82) is 0 Å². The number of hydrogen-bond donors (Lipinski definition) is 1. The molecule has 1 N–H and O–H groups in total. The molecule has 5 nitrogen and oxygen atoms in total. The van der Waals surface area contributed by atoms with Gasteiger partial charge in [-0.2, -0.15) is 0 Å². The molecule has 2 heterocycles. The molecule has 1 aromatic heterocycles. The number of aryl methyl sites for hydroxylation is 2. The SMILES string of the molecule is Cc1cc2nc(N3CCC(C(=O)NC4CCCCC4)CC3)n(C(C)C)c2cc1C. The van der Waals surface area contributed by atoms with Crippen LogP contribution >= 0.6 is 0 Å². The predicted molar refractivity (Wildman–Crippen MR) is 120 cm³/mol. The third-order valence-electron chi connectivity index (χ3n) is 6.90. The van der Waals surface area contributed by atoms with Gasteiger partial charge in [0.25, 0.3) is 0 Å². The number of nitrogens with one attached hydrogen (secondary N) is 1. The summed E-state index contributed by atoms with van der Waals surface area (Å²) in [6.07, 6.45) is 7.97. The number of amides is 1. The van der Waals surface area contributed by atoms with Crippen molar-refractivity contribution in [3.05, 3.63) is 23.3 Å². The van der Waals surface area contributed by atoms with Crippen LogP contribution in [0.4, 0.5) is 5.95 Å². The number of aromatic nitrogens is 2. The number of nitrogens with zero attached hydrogens (tertiary/aromatic N) is 3. The third-order valence-corrected chi connectivity index (χ3v) is 6.90. The summed E-state index contributed by atoms with van der Waals surface area (Å²) in [5.41, 5.74) is 4.89. The summed E-state index contributed by atoms with van der Waals surface area (Å²) in [6, 6.07) is 5.23. The molecule has 1 saturated heterocycles. The van der Waals surface area contributed by atoms with E-state index in [2.05, 4.69) is 54.6 Å². The number of hydrogen-bond acceptors (Lipinski definition) is 3. The highest BCUT2D eigenvalue weighted by molar-refractivity contribution is 5.81. The van der Waals surface area contributed by atoms with E-state index in [1.54, 1.807) is 0 Å². The Bertz CT molecular complexity index is 871. The lowest BCUT2D eigenvalue weighted by molar-refractivity contribution is -0.126. The van der Waals surface area contributed by atoms with Gasteiger partial charge >= 0.3 is 0 Å². The van der Waals surface area contributed by atoms with Crippen LogP contribution in [-0.4, -0.2) is 34.6 Å². The first kappa shape index (κ1) is 20.2. The smallest absolute Gasteiger partial charge is 0.223 e. The Kier molecular flexibility index (Phi) is 5.84. The maximum atomic E-state index is 12.8. The lowest BCUT2D eigenvalue weighted by Crippen LogP contribution is -2.45. The highest BCUT2D eigenvalue weighted by Crippen LogP contribution is 2.31. The van der Waals surface area contributed by atoms with Gasteiger partial charge in [-0.1, -0.05) is 19.3 Å². The summed E-state index contributed by atoms with van der Waals surface area (Å²) in [5.74, 6) is 1.49. The maximum Gasteiger partial charge on any atom is 0.223 e. The fraction of sp³-hybridized carbons (Fsp3) is 0.667. The summed E-state index contributed by atoms with van der Waals surface area (Å²) in [5, 5.41) is 3.33. The van der Waals surface area contributed by atoms with E-state index in [1.165, 1.54) is 35.9 Å². The fourth-order valence-electron chi connectivity index (χ4n) is 4.98. The van der Waals surface area contributed by atoms with Gasteiger partial charge in [-0.05, 0) is 76.6 Å². The largest absolute Gasteiger partial charge is 0.353 e. The molecule has 0 atom stereocenters. The first-order valence-corrected chi connectivity index (χ1v) is 11.5. The third kappa shape index (κ3) is 4.15. The molecule has 0 unspecified atom stereocenters. The average molecular weight is 397 g/mol. The van der Waals surface area contributed by atoms with Crippen LogP contribution in [0.2, 0.25) is 0 Å². The maximum absolute atomic E-state index is 12.8. The predicted octanol–water partition coefficient (Wildman–Crippen LogP) is 4.90. The van der Waals surface area contributed by atoms with Crippen LogP contribution in [0.15, 0.2) is 12.1 Å². The van der Waals surface area contributed by atoms with Crippen LogP contribution in [0.3, 0.4) is 0 Å². The number of carbonyl (C=O) groups is 1. The molecule has 1 aliphatic carbocycles. The monoisotopic (exact) mass is 396 g/mol. The van der Waals surface area contributed by atoms with Gasteiger partial charge in [0, 0.05) is 31.1 Å². The number of piperidine rings is 1. The second-order valence-electron chi connectivity index (χ2n) is 9.41. The minimum Gasteiger partial charge on any atom is -0.353 e. The van der Waals surface area contributed by atoms with Crippen molar-refractivity contribution in [2.75, 3.05) is 18.0 Å². The molecule has 158 valence electrons. The standard InChI is InChI=1S/C24H36N4O/c1-16(2)28-22-15-18(4)17(3)14-21(22)26-24(28)27-12-10-19(11-13-27)23(29)25-20-8-6-5-7-9-20/h14-16,19-20H,5-13H2,1-4H3,(H,25,29). The van der Waals surface area contributed by atoms with Gasteiger partial charge in [-0.15, -0.1) is 0 Å². The summed E-state index contributed by atoms with van der Waals surface area (Å²) >= 11 is 0. The molecule has 0 radical (unpaired) electrons. The number of fused-ring (bicyclic) bond motifs is 1. The number of benzene rings is 1. The number of imidazole rings is 1. The van der Waals surface area contributed by atoms with Crippen molar-refractivity contribution < 1.29 is 4.79 Å². The average Bonchev–Trinajstić information content (AvgIpc) is 3.07. The Morgan fingerprint density at radius 2 is 1.69 bits per heavy atom. The second kappa shape index (κ2) is 8.37. The van der Waals surface area contributed by atoms with E-state index < -0.39 is 0 Å². The van der Waals surface area contributed by atoms with E-state index in [0.29, 0.717) is 12.1 Å². The zero-order valence-corrected chi connectivity index (χ0v) is 18.5.